The lowest BCUT2D eigenvalue weighted by Crippen LogP contribution is -2.41. The van der Waals surface area contributed by atoms with Gasteiger partial charge in [-0.05, 0) is 43.2 Å². The Morgan fingerprint density at radius 2 is 1.77 bits per heavy atom. The molecule has 3 aromatic rings. The molecule has 9 nitrogen and oxygen atoms in total. The van der Waals surface area contributed by atoms with Gasteiger partial charge in [-0.2, -0.15) is 4.31 Å². The van der Waals surface area contributed by atoms with Crippen molar-refractivity contribution in [3.63, 3.8) is 0 Å². The summed E-state index contributed by atoms with van der Waals surface area (Å²) in [7, 11) is -3.71. The maximum Gasteiger partial charge on any atom is 0.252 e. The van der Waals surface area contributed by atoms with Crippen molar-refractivity contribution in [2.24, 2.45) is 0 Å². The first-order valence-electron chi connectivity index (χ1n) is 11.8. The second kappa shape index (κ2) is 9.71. The molecule has 3 heterocycles. The first kappa shape index (κ1) is 23.4. The van der Waals surface area contributed by atoms with E-state index in [1.165, 1.54) is 28.6 Å². The first-order valence-corrected chi connectivity index (χ1v) is 13.2. The standard InChI is InChI=1S/C25H27N3O6S/c29-24-14-20(25(30)26-15-17-16-33-22-7-3-4-8-23(22)34-17)19-13-18(9-10-21(19)27-24)35(31,32)28-11-5-1-2-6-12-28/h3-4,7-10,13-14,17H,1-2,5-6,11-12,15-16H2,(H,26,30)(H,27,29)/t17-/m0/s1. The number of rotatable bonds is 5. The number of aromatic nitrogens is 1. The van der Waals surface area contributed by atoms with Crippen molar-refractivity contribution in [2.45, 2.75) is 36.7 Å². The number of fused-ring (bicyclic) bond motifs is 2. The van der Waals surface area contributed by atoms with Crippen LogP contribution < -0.4 is 20.3 Å². The van der Waals surface area contributed by atoms with E-state index in [2.05, 4.69) is 10.3 Å². The number of para-hydroxylation sites is 2. The van der Waals surface area contributed by atoms with Gasteiger partial charge >= 0.3 is 0 Å². The SMILES string of the molecule is O=C(NC[C@H]1COc2ccccc2O1)c1cc(=O)[nH]c2ccc(S(=O)(=O)N3CCCCCC3)cc12. The molecule has 0 radical (unpaired) electrons. The molecule has 184 valence electrons. The summed E-state index contributed by atoms with van der Waals surface area (Å²) in [5.74, 6) is 0.754. The van der Waals surface area contributed by atoms with Crippen LogP contribution in [-0.2, 0) is 10.0 Å². The maximum atomic E-state index is 13.3. The van der Waals surface area contributed by atoms with Crippen molar-refractivity contribution < 1.29 is 22.7 Å². The predicted molar refractivity (Wildman–Crippen MR) is 130 cm³/mol. The van der Waals surface area contributed by atoms with E-state index in [4.69, 9.17) is 9.47 Å². The fraction of sp³-hybridized carbons (Fsp3) is 0.360. The highest BCUT2D eigenvalue weighted by Crippen LogP contribution is 2.31. The molecule has 35 heavy (non-hydrogen) atoms. The Morgan fingerprint density at radius 3 is 2.54 bits per heavy atom. The molecule has 0 unspecified atom stereocenters. The number of ether oxygens (including phenoxy) is 2. The third-order valence-corrected chi connectivity index (χ3v) is 8.21. The van der Waals surface area contributed by atoms with E-state index < -0.39 is 27.6 Å². The van der Waals surface area contributed by atoms with E-state index in [0.717, 1.165) is 25.7 Å². The third-order valence-electron chi connectivity index (χ3n) is 6.32. The molecular formula is C25H27N3O6S. The lowest BCUT2D eigenvalue weighted by atomic mass is 10.1. The molecule has 10 heteroatoms. The summed E-state index contributed by atoms with van der Waals surface area (Å²) in [5.41, 5.74) is 0.0504. The van der Waals surface area contributed by atoms with Gasteiger partial charge in [-0.25, -0.2) is 8.42 Å². The number of nitrogens with zero attached hydrogens (tertiary/aromatic N) is 1. The molecule has 1 amide bonds. The minimum atomic E-state index is -3.71. The number of amides is 1. The summed E-state index contributed by atoms with van der Waals surface area (Å²) < 4.78 is 39.6. The first-order chi connectivity index (χ1) is 16.9. The molecule has 1 atom stereocenters. The van der Waals surface area contributed by atoms with Crippen molar-refractivity contribution in [2.75, 3.05) is 26.2 Å². The second-order valence-corrected chi connectivity index (χ2v) is 10.7. The quantitative estimate of drug-likeness (QED) is 0.560. The van der Waals surface area contributed by atoms with Crippen LogP contribution in [0.1, 0.15) is 36.0 Å². The Balaban J connectivity index is 1.39. The third kappa shape index (κ3) is 4.89. The zero-order chi connectivity index (χ0) is 24.4. The number of benzene rings is 2. The molecule has 2 aromatic carbocycles. The Labute approximate surface area is 203 Å². The van der Waals surface area contributed by atoms with Gasteiger partial charge in [-0.15, -0.1) is 0 Å². The van der Waals surface area contributed by atoms with Gasteiger partial charge in [0.1, 0.15) is 12.7 Å². The van der Waals surface area contributed by atoms with Gasteiger partial charge in [0.05, 0.1) is 17.0 Å². The number of H-pyrrole nitrogens is 1. The summed E-state index contributed by atoms with van der Waals surface area (Å²) in [6.45, 7) is 1.39. The molecule has 2 aliphatic rings. The number of carbonyl (C=O) groups excluding carboxylic acids is 1. The van der Waals surface area contributed by atoms with Crippen molar-refractivity contribution >= 4 is 26.8 Å². The summed E-state index contributed by atoms with van der Waals surface area (Å²) >= 11 is 0. The van der Waals surface area contributed by atoms with Crippen molar-refractivity contribution in [3.8, 4) is 11.5 Å². The molecule has 1 aromatic heterocycles. The summed E-state index contributed by atoms with van der Waals surface area (Å²) in [6.07, 6.45) is 3.27. The molecule has 5 rings (SSSR count). The van der Waals surface area contributed by atoms with Crippen molar-refractivity contribution in [1.29, 1.82) is 0 Å². The fourth-order valence-electron chi connectivity index (χ4n) is 4.48. The zero-order valence-electron chi connectivity index (χ0n) is 19.2. The fourth-order valence-corrected chi connectivity index (χ4v) is 6.02. The molecule has 2 N–H and O–H groups in total. The van der Waals surface area contributed by atoms with Crippen LogP contribution in [0, 0.1) is 0 Å². The summed E-state index contributed by atoms with van der Waals surface area (Å²) in [6, 6.07) is 13.0. The number of pyridine rings is 1. The topological polar surface area (TPSA) is 118 Å². The minimum Gasteiger partial charge on any atom is -0.486 e. The Morgan fingerprint density at radius 1 is 1.03 bits per heavy atom. The Kier molecular flexibility index (Phi) is 6.48. The lowest BCUT2D eigenvalue weighted by Gasteiger charge is -2.26. The highest BCUT2D eigenvalue weighted by molar-refractivity contribution is 7.89. The highest BCUT2D eigenvalue weighted by atomic mass is 32.2. The van der Waals surface area contributed by atoms with Crippen LogP contribution in [0.15, 0.2) is 58.2 Å². The van der Waals surface area contributed by atoms with E-state index >= 15 is 0 Å². The summed E-state index contributed by atoms with van der Waals surface area (Å²) in [4.78, 5) is 28.1. The molecule has 2 aliphatic heterocycles. The molecular weight excluding hydrogens is 470 g/mol. The average Bonchev–Trinajstić information content (AvgIpc) is 3.17. The zero-order valence-corrected chi connectivity index (χ0v) is 20.0. The number of hydrogen-bond donors (Lipinski definition) is 2. The van der Waals surface area contributed by atoms with Crippen LogP contribution in [0.4, 0.5) is 0 Å². The Hall–Kier alpha value is -3.37. The van der Waals surface area contributed by atoms with Gasteiger partial charge in [0.25, 0.3) is 5.91 Å². The lowest BCUT2D eigenvalue weighted by molar-refractivity contribution is 0.0790. The summed E-state index contributed by atoms with van der Waals surface area (Å²) in [5, 5.41) is 3.16. The van der Waals surface area contributed by atoms with E-state index in [1.54, 1.807) is 6.07 Å². The number of sulfonamides is 1. The molecule has 1 fully saturated rings. The van der Waals surface area contributed by atoms with Crippen LogP contribution in [0.5, 0.6) is 11.5 Å². The van der Waals surface area contributed by atoms with Gasteiger partial charge in [0.2, 0.25) is 15.6 Å². The normalized spacial score (nSPS) is 18.7. The van der Waals surface area contributed by atoms with Crippen molar-refractivity contribution in [1.82, 2.24) is 14.6 Å². The smallest absolute Gasteiger partial charge is 0.252 e. The maximum absolute atomic E-state index is 13.3. The van der Waals surface area contributed by atoms with Gasteiger partial charge in [-0.1, -0.05) is 25.0 Å². The molecule has 0 bridgehead atoms. The largest absolute Gasteiger partial charge is 0.486 e. The molecule has 0 spiro atoms. The molecule has 0 saturated carbocycles. The van der Waals surface area contributed by atoms with E-state index in [1.807, 2.05) is 18.2 Å². The van der Waals surface area contributed by atoms with Crippen LogP contribution in [0.3, 0.4) is 0 Å². The van der Waals surface area contributed by atoms with Gasteiger partial charge in [-0.3, -0.25) is 9.59 Å². The van der Waals surface area contributed by atoms with Crippen LogP contribution >= 0.6 is 0 Å². The Bertz CT molecular complexity index is 1410. The molecule has 1 saturated heterocycles. The van der Waals surface area contributed by atoms with Gasteiger partial charge < -0.3 is 19.8 Å². The van der Waals surface area contributed by atoms with Crippen LogP contribution in [-0.4, -0.2) is 56.0 Å². The van der Waals surface area contributed by atoms with Crippen molar-refractivity contribution in [3.05, 3.63) is 64.4 Å². The monoisotopic (exact) mass is 497 g/mol. The second-order valence-electron chi connectivity index (χ2n) is 8.78. The number of aromatic amines is 1. The minimum absolute atomic E-state index is 0.105. The van der Waals surface area contributed by atoms with E-state index in [0.29, 0.717) is 35.5 Å². The number of carbonyl (C=O) groups is 1. The number of hydrogen-bond acceptors (Lipinski definition) is 6. The highest BCUT2D eigenvalue weighted by Gasteiger charge is 2.27. The molecule has 0 aliphatic carbocycles. The van der Waals surface area contributed by atoms with Gasteiger partial charge in [0, 0.05) is 30.1 Å². The van der Waals surface area contributed by atoms with Crippen LogP contribution in [0.25, 0.3) is 10.9 Å². The predicted octanol–water partition coefficient (Wildman–Crippen LogP) is 2.66. The van der Waals surface area contributed by atoms with Gasteiger partial charge in [0.15, 0.2) is 11.5 Å². The average molecular weight is 498 g/mol. The van der Waals surface area contributed by atoms with Crippen LogP contribution in [0.2, 0.25) is 0 Å². The van der Waals surface area contributed by atoms with E-state index in [-0.39, 0.29) is 23.6 Å². The van der Waals surface area contributed by atoms with E-state index in [9.17, 15) is 18.0 Å². The number of nitrogens with one attached hydrogen (secondary N) is 2.